The third-order valence-electron chi connectivity index (χ3n) is 11.3. The Hall–Kier alpha value is -10.8. The van der Waals surface area contributed by atoms with Gasteiger partial charge >= 0.3 is 0 Å². The summed E-state index contributed by atoms with van der Waals surface area (Å²) in [5.41, 5.74) is 33.7. The molecule has 3 radical (unpaired) electrons. The van der Waals surface area contributed by atoms with Crippen molar-refractivity contribution < 1.29 is 4.79 Å². The number of aryl methyl sites for hydroxylation is 4. The highest BCUT2D eigenvalue weighted by atomic mass is 35.5. The minimum absolute atomic E-state index is 0. The molecule has 0 saturated heterocycles. The van der Waals surface area contributed by atoms with Crippen LogP contribution in [0.3, 0.4) is 0 Å². The minimum atomic E-state index is -0.261. The lowest BCUT2D eigenvalue weighted by Crippen LogP contribution is -2.07. The third kappa shape index (κ3) is 32.9. The summed E-state index contributed by atoms with van der Waals surface area (Å²) < 4.78 is 0. The molecule has 14 N–H and O–H groups in total. The van der Waals surface area contributed by atoms with Crippen LogP contribution in [0.25, 0.3) is 0 Å². The van der Waals surface area contributed by atoms with Gasteiger partial charge in [0, 0.05) is 112 Å². The van der Waals surface area contributed by atoms with Crippen LogP contribution in [0.5, 0.6) is 0 Å². The number of benzene rings is 7. The number of hydrogen-bond acceptors (Lipinski definition) is 18. The molecule has 11 aromatic rings. The van der Waals surface area contributed by atoms with Crippen molar-refractivity contribution in [2.75, 3.05) is 54.8 Å². The number of anilines is 15. The predicted octanol–water partition coefficient (Wildman–Crippen LogP) is 19.7. The number of nitrogens with zero attached hydrogens (tertiary/aromatic N) is 8. The zero-order valence-electron chi connectivity index (χ0n) is 48.6. The highest BCUT2D eigenvalue weighted by Gasteiger charge is 2.08. The smallest absolute Gasteiger partial charge is 0.247 e. The maximum absolute atomic E-state index is 11.4. The molecule has 0 unspecified atom stereocenters. The normalized spacial score (nSPS) is 9.00. The molecule has 0 bridgehead atoms. The maximum atomic E-state index is 11.4. The van der Waals surface area contributed by atoms with E-state index in [1.54, 1.807) is 55.1 Å². The fraction of sp³-hybridized carbons (Fsp3) is 0.153. The van der Waals surface area contributed by atoms with E-state index in [9.17, 15) is 4.79 Å². The molecule has 4 aromatic heterocycles. The molecule has 11 rings (SSSR count). The fourth-order valence-electron chi connectivity index (χ4n) is 6.94. The number of amides is 1. The summed E-state index contributed by atoms with van der Waals surface area (Å²) in [6.07, 6.45) is 8.04. The van der Waals surface area contributed by atoms with Crippen LogP contribution in [-0.2, 0) is 4.79 Å². The van der Waals surface area contributed by atoms with Crippen LogP contribution in [0.15, 0.2) is 232 Å². The van der Waals surface area contributed by atoms with E-state index in [0.29, 0.717) is 39.8 Å². The highest BCUT2D eigenvalue weighted by molar-refractivity contribution is 6.32. The molecule has 0 saturated carbocycles. The number of nitrogen functional groups attached to an aromatic ring is 4. The Labute approximate surface area is 580 Å². The summed E-state index contributed by atoms with van der Waals surface area (Å²) >= 11 is 16.7. The predicted molar refractivity (Wildman–Crippen MR) is 413 cm³/mol. The van der Waals surface area contributed by atoms with Crippen molar-refractivity contribution in [2.45, 2.75) is 79.7 Å². The quantitative estimate of drug-likeness (QED) is 0.0179. The minimum Gasteiger partial charge on any atom is -0.399 e. The number of para-hydroxylation sites is 4. The van der Waals surface area contributed by atoms with Crippen LogP contribution in [0.1, 0.15) is 74.2 Å². The molecule has 501 valence electrons. The molecule has 95 heavy (non-hydrogen) atoms. The van der Waals surface area contributed by atoms with Crippen LogP contribution in [0.2, 0.25) is 15.7 Å². The van der Waals surface area contributed by atoms with Gasteiger partial charge in [0.05, 0.1) is 0 Å². The first kappa shape index (κ1) is 88.4. The summed E-state index contributed by atoms with van der Waals surface area (Å²) in [5, 5.41) is 19.6. The molecule has 0 aliphatic heterocycles. The zero-order chi connectivity index (χ0) is 62.3. The summed E-state index contributed by atoms with van der Waals surface area (Å²) in [5.74, 6) is 2.96. The average Bonchev–Trinajstić information content (AvgIpc) is 1.24. The SMILES string of the molecule is C.C.C.C.C.C.C.C=CC(=O)Nc1cccc(Nc2ncc(C)c(Nc3ccccc3)n2)c1.Cc1cnc(Cl)nc1Cl.Cc1cnc(Cl)nc1Nc1ccccc1.Cc1cnc(Nc2cccc(N)c2)nc1Nc1ccccc1.Nc1cccc(N)c1.Nc1ccccc1.[B]. The van der Waals surface area contributed by atoms with Crippen LogP contribution < -0.4 is 54.8 Å². The van der Waals surface area contributed by atoms with Gasteiger partial charge in [-0.15, -0.1) is 0 Å². The van der Waals surface area contributed by atoms with Crippen LogP contribution in [-0.4, -0.2) is 54.2 Å². The number of halogens is 3. The molecule has 7 aromatic carbocycles. The van der Waals surface area contributed by atoms with E-state index in [4.69, 9.17) is 57.7 Å². The van der Waals surface area contributed by atoms with Gasteiger partial charge in [0.15, 0.2) is 0 Å². The first-order valence-corrected chi connectivity index (χ1v) is 27.7. The number of rotatable bonds is 12. The van der Waals surface area contributed by atoms with Gasteiger partial charge in [-0.2, -0.15) is 9.97 Å². The lowest BCUT2D eigenvalue weighted by molar-refractivity contribution is -0.111. The lowest BCUT2D eigenvalue weighted by Gasteiger charge is -2.11. The van der Waals surface area contributed by atoms with Crippen LogP contribution in [0.4, 0.5) is 86.2 Å². The Morgan fingerprint density at radius 1 is 0.368 bits per heavy atom. The molecule has 0 spiro atoms. The van der Waals surface area contributed by atoms with Crippen LogP contribution >= 0.6 is 34.8 Å². The van der Waals surface area contributed by atoms with Crippen molar-refractivity contribution >= 4 is 135 Å². The number of carbonyl (C=O) groups is 1. The molecular formula is C72H93BCl3N18O. The van der Waals surface area contributed by atoms with Crippen LogP contribution in [0, 0.1) is 27.7 Å². The summed E-state index contributed by atoms with van der Waals surface area (Å²) in [6, 6.07) is 61.0. The average molecular weight is 1340 g/mol. The van der Waals surface area contributed by atoms with Gasteiger partial charge in [-0.05, 0) is 160 Å². The number of hydrogen-bond donors (Lipinski definition) is 10. The molecule has 23 heteroatoms. The summed E-state index contributed by atoms with van der Waals surface area (Å²) in [7, 11) is 0. The first-order chi connectivity index (χ1) is 42.0. The second-order valence-electron chi connectivity index (χ2n) is 18.4. The molecule has 4 heterocycles. The Morgan fingerprint density at radius 2 is 0.684 bits per heavy atom. The molecule has 0 fully saturated rings. The molecule has 1 amide bonds. The monoisotopic (exact) mass is 1340 g/mol. The van der Waals surface area contributed by atoms with E-state index in [-0.39, 0.29) is 76.9 Å². The van der Waals surface area contributed by atoms with E-state index in [1.165, 1.54) is 6.08 Å². The standard InChI is InChI=1S/C20H19N5O.C17H17N5.C11H10ClN3.C6H8N2.C6H7N.C5H4Cl2N2.7CH4.B/c1-3-18(26)22-16-10-7-11-17(12-16)24-20-21-13-14(2)19(25-20)23-15-8-5-4-6-9-15;1-12-11-19-17(21-15-9-5-6-13(18)10-15)22-16(12)20-14-7-3-2-4-8-14;1-8-7-13-11(12)15-10(8)14-9-5-3-2-4-6-9;7-5-2-1-3-6(8)4-5;7-6-4-2-1-3-5-6;1-3-2-8-5(7)9-4(3)6;;;;;;;;/h3-13H,1H2,2H3,(H,22,26)(H2,21,23,24,25);2-11H,18H2,1H3,(H2,19,20,21,22);2-7H,1H3,(H,13,14,15);1-4H,7-8H2;1-5H,7H2;2H,1H3;7*1H4;. The molecular weight excluding hydrogens is 1250 g/mol. The molecule has 0 atom stereocenters. The fourth-order valence-corrected chi connectivity index (χ4v) is 7.37. The van der Waals surface area contributed by atoms with Crippen molar-refractivity contribution in [2.24, 2.45) is 0 Å². The zero-order valence-corrected chi connectivity index (χ0v) is 50.8. The second-order valence-corrected chi connectivity index (χ2v) is 19.5. The van der Waals surface area contributed by atoms with E-state index in [1.807, 2.05) is 191 Å². The van der Waals surface area contributed by atoms with Crippen molar-refractivity contribution in [1.29, 1.82) is 0 Å². The van der Waals surface area contributed by atoms with Crippen molar-refractivity contribution in [3.63, 3.8) is 0 Å². The Bertz CT molecular complexity index is 3910. The van der Waals surface area contributed by atoms with E-state index in [0.717, 1.165) is 73.8 Å². The van der Waals surface area contributed by atoms with Gasteiger partial charge < -0.3 is 54.8 Å². The van der Waals surface area contributed by atoms with Gasteiger partial charge in [0.2, 0.25) is 28.4 Å². The van der Waals surface area contributed by atoms with Crippen molar-refractivity contribution in [1.82, 2.24) is 39.9 Å². The van der Waals surface area contributed by atoms with Gasteiger partial charge in [-0.25, -0.2) is 29.9 Å². The van der Waals surface area contributed by atoms with Gasteiger partial charge in [0.1, 0.15) is 22.6 Å². The summed E-state index contributed by atoms with van der Waals surface area (Å²) in [4.78, 5) is 44.5. The lowest BCUT2D eigenvalue weighted by atomic mass is 10.2. The summed E-state index contributed by atoms with van der Waals surface area (Å²) in [6.45, 7) is 11.1. The topological polar surface area (TPSA) is 296 Å². The Balaban J connectivity index is -0.00000111. The second kappa shape index (κ2) is 47.1. The molecule has 19 nitrogen and oxygen atoms in total. The third-order valence-corrected chi connectivity index (χ3v) is 12.0. The Morgan fingerprint density at radius 3 is 1.04 bits per heavy atom. The largest absolute Gasteiger partial charge is 0.399 e. The van der Waals surface area contributed by atoms with E-state index >= 15 is 0 Å². The van der Waals surface area contributed by atoms with E-state index < -0.39 is 0 Å². The van der Waals surface area contributed by atoms with Gasteiger partial charge in [0.25, 0.3) is 0 Å². The number of nitrogens with two attached hydrogens (primary N) is 4. The van der Waals surface area contributed by atoms with Gasteiger partial charge in [-0.3, -0.25) is 4.79 Å². The Kier molecular flexibility index (Phi) is 43.9. The first-order valence-electron chi connectivity index (χ1n) is 26.6. The van der Waals surface area contributed by atoms with E-state index in [2.05, 4.69) is 78.4 Å². The number of carbonyl (C=O) groups excluding carboxylic acids is 1. The molecule has 0 aliphatic rings. The van der Waals surface area contributed by atoms with Crippen molar-refractivity contribution in [3.8, 4) is 0 Å². The van der Waals surface area contributed by atoms with Crippen molar-refractivity contribution in [3.05, 3.63) is 270 Å². The highest BCUT2D eigenvalue weighted by Crippen LogP contribution is 2.25. The van der Waals surface area contributed by atoms with Gasteiger partial charge in [-0.1, -0.05) is 161 Å². The number of aromatic nitrogens is 8. The molecule has 0 aliphatic carbocycles. The maximum Gasteiger partial charge on any atom is 0.247 e. The number of nitrogens with one attached hydrogen (secondary N) is 6.